The summed E-state index contributed by atoms with van der Waals surface area (Å²) < 4.78 is 5.71. The summed E-state index contributed by atoms with van der Waals surface area (Å²) in [5, 5.41) is 18.8. The van der Waals surface area contributed by atoms with Gasteiger partial charge in [0.1, 0.15) is 11.5 Å². The van der Waals surface area contributed by atoms with Gasteiger partial charge in [-0.3, -0.25) is 9.79 Å². The number of carbonyl (C=O) groups excluding carboxylic acids is 1. The van der Waals surface area contributed by atoms with Gasteiger partial charge in [-0.15, -0.1) is 0 Å². The van der Waals surface area contributed by atoms with Gasteiger partial charge in [-0.1, -0.05) is 18.2 Å². The van der Waals surface area contributed by atoms with Gasteiger partial charge in [-0.2, -0.15) is 0 Å². The fraction of sp³-hybridized carbons (Fsp3) is 0.333. The summed E-state index contributed by atoms with van der Waals surface area (Å²) in [6.45, 7) is 4.29. The third-order valence-electron chi connectivity index (χ3n) is 4.41. The first-order valence-corrected chi connectivity index (χ1v) is 9.51. The van der Waals surface area contributed by atoms with Crippen molar-refractivity contribution in [1.29, 1.82) is 0 Å². The van der Waals surface area contributed by atoms with Crippen molar-refractivity contribution < 1.29 is 14.6 Å². The number of aliphatic imine (C=N–C) groups is 1. The van der Waals surface area contributed by atoms with Crippen molar-refractivity contribution >= 4 is 11.9 Å². The van der Waals surface area contributed by atoms with E-state index in [4.69, 9.17) is 4.74 Å². The van der Waals surface area contributed by atoms with Crippen molar-refractivity contribution in [2.24, 2.45) is 4.99 Å². The molecule has 1 atom stereocenters. The second-order valence-electron chi connectivity index (χ2n) is 6.44. The van der Waals surface area contributed by atoms with E-state index in [-0.39, 0.29) is 17.7 Å². The lowest BCUT2D eigenvalue weighted by Gasteiger charge is -2.28. The minimum atomic E-state index is -0.188. The van der Waals surface area contributed by atoms with Crippen LogP contribution in [0.15, 0.2) is 53.5 Å². The van der Waals surface area contributed by atoms with Gasteiger partial charge in [0.2, 0.25) is 0 Å². The van der Waals surface area contributed by atoms with Crippen molar-refractivity contribution in [2.45, 2.75) is 19.4 Å². The Labute approximate surface area is 164 Å². The number of benzene rings is 2. The molecule has 1 aliphatic rings. The monoisotopic (exact) mass is 382 g/mol. The molecular weight excluding hydrogens is 356 g/mol. The molecular formula is C21H26N4O3. The Kier molecular flexibility index (Phi) is 6.73. The van der Waals surface area contributed by atoms with E-state index in [0.717, 1.165) is 24.3 Å². The second-order valence-corrected chi connectivity index (χ2v) is 6.44. The fourth-order valence-electron chi connectivity index (χ4n) is 3.03. The van der Waals surface area contributed by atoms with E-state index in [1.165, 1.54) is 12.1 Å². The van der Waals surface area contributed by atoms with Crippen LogP contribution in [0.25, 0.3) is 0 Å². The number of para-hydroxylation sites is 1. The van der Waals surface area contributed by atoms with Crippen LogP contribution in [0.3, 0.4) is 0 Å². The van der Waals surface area contributed by atoms with Crippen molar-refractivity contribution in [1.82, 2.24) is 16.0 Å². The number of phenolic OH excluding ortho intramolecular Hbond substituents is 1. The molecule has 3 rings (SSSR count). The Bertz CT molecular complexity index is 821. The summed E-state index contributed by atoms with van der Waals surface area (Å²) in [6, 6.07) is 14.3. The van der Waals surface area contributed by atoms with Crippen LogP contribution in [0.5, 0.6) is 11.5 Å². The Morgan fingerprint density at radius 2 is 1.96 bits per heavy atom. The third kappa shape index (κ3) is 5.16. The van der Waals surface area contributed by atoms with E-state index < -0.39 is 0 Å². The number of rotatable bonds is 6. The Morgan fingerprint density at radius 1 is 1.18 bits per heavy atom. The lowest BCUT2D eigenvalue weighted by Crippen LogP contribution is -2.41. The molecule has 2 aromatic carbocycles. The highest BCUT2D eigenvalue weighted by molar-refractivity contribution is 5.94. The fourth-order valence-corrected chi connectivity index (χ4v) is 3.03. The van der Waals surface area contributed by atoms with Gasteiger partial charge < -0.3 is 25.8 Å². The average Bonchev–Trinajstić information content (AvgIpc) is 2.72. The highest BCUT2D eigenvalue weighted by Crippen LogP contribution is 2.31. The quantitative estimate of drug-likeness (QED) is 0.349. The number of fused-ring (bicyclic) bond motifs is 1. The van der Waals surface area contributed by atoms with Crippen LogP contribution in [-0.4, -0.2) is 43.2 Å². The van der Waals surface area contributed by atoms with Gasteiger partial charge >= 0.3 is 0 Å². The van der Waals surface area contributed by atoms with E-state index in [9.17, 15) is 9.90 Å². The second kappa shape index (κ2) is 9.64. The zero-order valence-electron chi connectivity index (χ0n) is 15.9. The van der Waals surface area contributed by atoms with Crippen molar-refractivity contribution in [3.8, 4) is 11.5 Å². The van der Waals surface area contributed by atoms with E-state index in [0.29, 0.717) is 31.2 Å². The molecule has 0 aliphatic carbocycles. The van der Waals surface area contributed by atoms with Gasteiger partial charge in [0.25, 0.3) is 5.91 Å². The van der Waals surface area contributed by atoms with Gasteiger partial charge in [0.05, 0.1) is 19.2 Å². The number of hydrogen-bond donors (Lipinski definition) is 4. The van der Waals surface area contributed by atoms with Crippen LogP contribution in [-0.2, 0) is 0 Å². The lowest BCUT2D eigenvalue weighted by atomic mass is 10.0. The predicted octanol–water partition coefficient (Wildman–Crippen LogP) is 2.20. The zero-order valence-corrected chi connectivity index (χ0v) is 15.9. The zero-order chi connectivity index (χ0) is 19.8. The minimum absolute atomic E-state index is 0.134. The van der Waals surface area contributed by atoms with Crippen molar-refractivity contribution in [3.63, 3.8) is 0 Å². The molecule has 1 amide bonds. The smallest absolute Gasteiger partial charge is 0.251 e. The Balaban J connectivity index is 1.55. The van der Waals surface area contributed by atoms with Crippen LogP contribution in [0.1, 0.15) is 35.3 Å². The molecule has 28 heavy (non-hydrogen) atoms. The number of carbonyl (C=O) groups is 1. The van der Waals surface area contributed by atoms with E-state index in [1.54, 1.807) is 12.1 Å². The third-order valence-corrected chi connectivity index (χ3v) is 4.41. The molecule has 1 unspecified atom stereocenters. The first kappa shape index (κ1) is 19.5. The maximum Gasteiger partial charge on any atom is 0.251 e. The van der Waals surface area contributed by atoms with Gasteiger partial charge in [0.15, 0.2) is 5.96 Å². The van der Waals surface area contributed by atoms with Crippen LogP contribution in [0.4, 0.5) is 0 Å². The normalized spacial score (nSPS) is 15.9. The summed E-state index contributed by atoms with van der Waals surface area (Å²) in [5.41, 5.74) is 1.63. The van der Waals surface area contributed by atoms with E-state index in [2.05, 4.69) is 27.0 Å². The van der Waals surface area contributed by atoms with Crippen molar-refractivity contribution in [2.75, 3.05) is 26.2 Å². The number of aromatic hydroxyl groups is 1. The number of phenols is 1. The highest BCUT2D eigenvalue weighted by atomic mass is 16.5. The number of guanidine groups is 1. The van der Waals surface area contributed by atoms with E-state index >= 15 is 0 Å². The predicted molar refractivity (Wildman–Crippen MR) is 109 cm³/mol. The van der Waals surface area contributed by atoms with Gasteiger partial charge in [0, 0.05) is 30.6 Å². The number of nitrogens with one attached hydrogen (secondary N) is 3. The standard InChI is InChI=1S/C21H26N4O3/c1-2-22-21(25-18-11-14-28-19-6-4-3-5-17(18)19)24-13-12-23-20(27)15-7-9-16(26)10-8-15/h3-10,18,26H,2,11-14H2,1H3,(H,23,27)(H2,22,24,25). The molecule has 0 spiro atoms. The van der Waals surface area contributed by atoms with E-state index in [1.807, 2.05) is 25.1 Å². The molecule has 1 aliphatic heterocycles. The molecule has 0 fully saturated rings. The molecule has 0 aromatic heterocycles. The minimum Gasteiger partial charge on any atom is -0.508 e. The molecule has 0 radical (unpaired) electrons. The number of amides is 1. The van der Waals surface area contributed by atoms with Crippen LogP contribution < -0.4 is 20.7 Å². The number of ether oxygens (including phenoxy) is 1. The summed E-state index contributed by atoms with van der Waals surface area (Å²) in [4.78, 5) is 16.7. The van der Waals surface area contributed by atoms with Crippen molar-refractivity contribution in [3.05, 3.63) is 59.7 Å². The molecule has 7 nitrogen and oxygen atoms in total. The number of nitrogens with zero attached hydrogens (tertiary/aromatic N) is 1. The molecule has 4 N–H and O–H groups in total. The molecule has 2 aromatic rings. The summed E-state index contributed by atoms with van der Waals surface area (Å²) in [6.07, 6.45) is 0.860. The lowest BCUT2D eigenvalue weighted by molar-refractivity contribution is 0.0955. The maximum atomic E-state index is 12.1. The molecule has 0 bridgehead atoms. The SMILES string of the molecule is CCNC(=NCCNC(=O)c1ccc(O)cc1)NC1CCOc2ccccc21. The van der Waals surface area contributed by atoms with Crippen LogP contribution in [0, 0.1) is 0 Å². The first-order valence-electron chi connectivity index (χ1n) is 9.51. The Hall–Kier alpha value is -3.22. The molecule has 0 saturated heterocycles. The van der Waals surface area contributed by atoms with Gasteiger partial charge in [-0.25, -0.2) is 0 Å². The van der Waals surface area contributed by atoms with Crippen LogP contribution >= 0.6 is 0 Å². The maximum absolute atomic E-state index is 12.1. The molecule has 1 heterocycles. The molecule has 7 heteroatoms. The Morgan fingerprint density at radius 3 is 2.75 bits per heavy atom. The van der Waals surface area contributed by atoms with Crippen LogP contribution in [0.2, 0.25) is 0 Å². The highest BCUT2D eigenvalue weighted by Gasteiger charge is 2.21. The number of hydrogen-bond acceptors (Lipinski definition) is 4. The van der Waals surface area contributed by atoms with Gasteiger partial charge in [-0.05, 0) is 37.3 Å². The summed E-state index contributed by atoms with van der Waals surface area (Å²) >= 11 is 0. The first-order chi connectivity index (χ1) is 13.7. The molecule has 148 valence electrons. The largest absolute Gasteiger partial charge is 0.508 e. The summed E-state index contributed by atoms with van der Waals surface area (Å²) in [5.74, 6) is 1.56. The average molecular weight is 382 g/mol. The summed E-state index contributed by atoms with van der Waals surface area (Å²) in [7, 11) is 0. The molecule has 0 saturated carbocycles. The topological polar surface area (TPSA) is 95.0 Å².